The lowest BCUT2D eigenvalue weighted by Gasteiger charge is -2.12. The lowest BCUT2D eigenvalue weighted by Crippen LogP contribution is -2.26. The van der Waals surface area contributed by atoms with Gasteiger partial charge < -0.3 is 5.32 Å². The van der Waals surface area contributed by atoms with Gasteiger partial charge in [-0.1, -0.05) is 23.8 Å². The van der Waals surface area contributed by atoms with Gasteiger partial charge in [-0.3, -0.25) is 14.2 Å². The second kappa shape index (κ2) is 8.91. The van der Waals surface area contributed by atoms with Gasteiger partial charge >= 0.3 is 0 Å². The second-order valence-electron chi connectivity index (χ2n) is 6.83. The van der Waals surface area contributed by atoms with Gasteiger partial charge in [-0.15, -0.1) is 0 Å². The summed E-state index contributed by atoms with van der Waals surface area (Å²) in [7, 11) is -3.80. The first-order valence-electron chi connectivity index (χ1n) is 9.31. The molecule has 0 aliphatic heterocycles. The predicted molar refractivity (Wildman–Crippen MR) is 112 cm³/mol. The van der Waals surface area contributed by atoms with Gasteiger partial charge in [0.1, 0.15) is 0 Å². The summed E-state index contributed by atoms with van der Waals surface area (Å²) in [6, 6.07) is 13.5. The molecule has 1 aromatic heterocycles. The largest absolute Gasteiger partial charge is 0.352 e. The fourth-order valence-corrected chi connectivity index (χ4v) is 3.90. The van der Waals surface area contributed by atoms with E-state index in [1.807, 2.05) is 31.3 Å². The molecule has 2 aromatic carbocycles. The van der Waals surface area contributed by atoms with Crippen LogP contribution < -0.4 is 10.0 Å². The smallest absolute Gasteiger partial charge is 0.261 e. The molecule has 0 bridgehead atoms. The summed E-state index contributed by atoms with van der Waals surface area (Å²) < 4.78 is 29.8. The number of sulfonamides is 1. The van der Waals surface area contributed by atoms with Crippen LogP contribution in [-0.4, -0.2) is 30.7 Å². The van der Waals surface area contributed by atoms with Crippen molar-refractivity contribution in [2.45, 2.75) is 31.7 Å². The van der Waals surface area contributed by atoms with E-state index >= 15 is 0 Å². The molecule has 8 heteroatoms. The molecular weight excluding hydrogens is 388 g/mol. The van der Waals surface area contributed by atoms with Gasteiger partial charge in [0, 0.05) is 36.7 Å². The minimum absolute atomic E-state index is 0.0466. The first kappa shape index (κ1) is 20.6. The number of nitrogens with one attached hydrogen (secondary N) is 2. The lowest BCUT2D eigenvalue weighted by atomic mass is 10.1. The zero-order valence-corrected chi connectivity index (χ0v) is 17.2. The Morgan fingerprint density at radius 2 is 1.86 bits per heavy atom. The zero-order valence-electron chi connectivity index (χ0n) is 16.4. The van der Waals surface area contributed by atoms with Crippen molar-refractivity contribution < 1.29 is 13.2 Å². The van der Waals surface area contributed by atoms with Gasteiger partial charge in [0.2, 0.25) is 0 Å². The number of carbonyl (C=O) groups excluding carboxylic acids is 1. The zero-order chi connectivity index (χ0) is 20.9. The average molecular weight is 413 g/mol. The first-order chi connectivity index (χ1) is 13.8. The molecule has 2 N–H and O–H groups in total. The second-order valence-corrected chi connectivity index (χ2v) is 8.51. The van der Waals surface area contributed by atoms with E-state index in [-0.39, 0.29) is 10.8 Å². The van der Waals surface area contributed by atoms with Crippen LogP contribution in [0.25, 0.3) is 0 Å². The number of amides is 1. The molecule has 0 spiro atoms. The molecule has 0 unspecified atom stereocenters. The molecule has 7 nitrogen and oxygen atoms in total. The third kappa shape index (κ3) is 5.45. The highest BCUT2D eigenvalue weighted by atomic mass is 32.2. The average Bonchev–Trinajstić information content (AvgIpc) is 3.20. The number of rotatable bonds is 8. The maximum absolute atomic E-state index is 12.7. The van der Waals surface area contributed by atoms with Crippen LogP contribution in [0.15, 0.2) is 65.8 Å². The van der Waals surface area contributed by atoms with Crippen LogP contribution in [0.1, 0.15) is 27.9 Å². The summed E-state index contributed by atoms with van der Waals surface area (Å²) >= 11 is 0. The maximum Gasteiger partial charge on any atom is 0.261 e. The van der Waals surface area contributed by atoms with E-state index in [1.165, 1.54) is 12.1 Å². The fourth-order valence-electron chi connectivity index (χ4n) is 2.82. The van der Waals surface area contributed by atoms with Crippen molar-refractivity contribution >= 4 is 21.6 Å². The van der Waals surface area contributed by atoms with Gasteiger partial charge in [-0.05, 0) is 56.2 Å². The number of carbonyl (C=O) groups is 1. The summed E-state index contributed by atoms with van der Waals surface area (Å²) in [5.41, 5.74) is 2.57. The molecule has 1 heterocycles. The molecule has 0 radical (unpaired) electrons. The van der Waals surface area contributed by atoms with Crippen LogP contribution in [0.4, 0.5) is 5.69 Å². The third-order valence-electron chi connectivity index (χ3n) is 4.48. The highest BCUT2D eigenvalue weighted by Crippen LogP contribution is 2.19. The molecule has 3 aromatic rings. The van der Waals surface area contributed by atoms with Crippen molar-refractivity contribution in [1.82, 2.24) is 15.1 Å². The number of nitrogens with zero attached hydrogens (tertiary/aromatic N) is 2. The molecule has 0 aliphatic rings. The van der Waals surface area contributed by atoms with Crippen LogP contribution in [0.2, 0.25) is 0 Å². The van der Waals surface area contributed by atoms with E-state index in [0.29, 0.717) is 29.9 Å². The Hall–Kier alpha value is -3.13. The van der Waals surface area contributed by atoms with Gasteiger partial charge in [-0.25, -0.2) is 8.42 Å². The number of hydrogen-bond donors (Lipinski definition) is 2. The predicted octanol–water partition coefficient (Wildman–Crippen LogP) is 3.12. The standard InChI is InChI=1S/C21H24N4O3S/c1-16-5-8-18(9-6-16)24-29(27,28)19-10-7-17(2)20(15-19)21(26)22-11-3-13-25-14-4-12-23-25/h4-10,12,14-15,24H,3,11,13H2,1-2H3,(H,22,26). The molecule has 0 saturated heterocycles. The summed E-state index contributed by atoms with van der Waals surface area (Å²) in [6.07, 6.45) is 4.29. The van der Waals surface area contributed by atoms with Crippen LogP contribution in [0.5, 0.6) is 0 Å². The molecule has 29 heavy (non-hydrogen) atoms. The van der Waals surface area contributed by atoms with Crippen molar-refractivity contribution in [2.24, 2.45) is 0 Å². The van der Waals surface area contributed by atoms with Crippen molar-refractivity contribution in [3.8, 4) is 0 Å². The maximum atomic E-state index is 12.7. The van der Waals surface area contributed by atoms with E-state index in [9.17, 15) is 13.2 Å². The Balaban J connectivity index is 1.67. The summed E-state index contributed by atoms with van der Waals surface area (Å²) in [6.45, 7) is 4.87. The molecule has 1 amide bonds. The highest BCUT2D eigenvalue weighted by molar-refractivity contribution is 7.92. The number of benzene rings is 2. The van der Waals surface area contributed by atoms with E-state index < -0.39 is 10.0 Å². The van der Waals surface area contributed by atoms with Crippen molar-refractivity contribution in [2.75, 3.05) is 11.3 Å². The van der Waals surface area contributed by atoms with Crippen LogP contribution >= 0.6 is 0 Å². The van der Waals surface area contributed by atoms with E-state index in [2.05, 4.69) is 15.1 Å². The summed E-state index contributed by atoms with van der Waals surface area (Å²) in [4.78, 5) is 12.6. The molecule has 152 valence electrons. The van der Waals surface area contributed by atoms with E-state index in [0.717, 1.165) is 12.0 Å². The Labute approximate surface area is 170 Å². The van der Waals surface area contributed by atoms with E-state index in [1.54, 1.807) is 36.0 Å². The molecule has 0 atom stereocenters. The molecule has 0 aliphatic carbocycles. The molecule has 0 saturated carbocycles. The Morgan fingerprint density at radius 1 is 1.10 bits per heavy atom. The van der Waals surface area contributed by atoms with Gasteiger partial charge in [-0.2, -0.15) is 5.10 Å². The van der Waals surface area contributed by atoms with Crippen LogP contribution in [0.3, 0.4) is 0 Å². The van der Waals surface area contributed by atoms with Crippen molar-refractivity contribution in [3.05, 3.63) is 77.6 Å². The van der Waals surface area contributed by atoms with Crippen molar-refractivity contribution in [1.29, 1.82) is 0 Å². The summed E-state index contributed by atoms with van der Waals surface area (Å²) in [5.74, 6) is -0.296. The lowest BCUT2D eigenvalue weighted by molar-refractivity contribution is 0.0951. The SMILES string of the molecule is Cc1ccc(NS(=O)(=O)c2ccc(C)c(C(=O)NCCCn3cccn3)c2)cc1. The Bertz CT molecular complexity index is 1080. The third-order valence-corrected chi connectivity index (χ3v) is 5.86. The highest BCUT2D eigenvalue weighted by Gasteiger charge is 2.18. The quantitative estimate of drug-likeness (QED) is 0.556. The van der Waals surface area contributed by atoms with E-state index in [4.69, 9.17) is 0 Å². The number of aromatic nitrogens is 2. The molecule has 3 rings (SSSR count). The van der Waals surface area contributed by atoms with Crippen LogP contribution in [0, 0.1) is 13.8 Å². The minimum Gasteiger partial charge on any atom is -0.352 e. The first-order valence-corrected chi connectivity index (χ1v) is 10.8. The normalized spacial score (nSPS) is 11.2. The Morgan fingerprint density at radius 3 is 2.55 bits per heavy atom. The van der Waals surface area contributed by atoms with Gasteiger partial charge in [0.15, 0.2) is 0 Å². The molecular formula is C21H24N4O3S. The molecule has 0 fully saturated rings. The van der Waals surface area contributed by atoms with Crippen molar-refractivity contribution in [3.63, 3.8) is 0 Å². The number of anilines is 1. The Kier molecular flexibility index (Phi) is 6.33. The monoisotopic (exact) mass is 412 g/mol. The fraction of sp³-hybridized carbons (Fsp3) is 0.238. The number of hydrogen-bond acceptors (Lipinski definition) is 4. The van der Waals surface area contributed by atoms with Gasteiger partial charge in [0.25, 0.3) is 15.9 Å². The topological polar surface area (TPSA) is 93.1 Å². The minimum atomic E-state index is -3.80. The van der Waals surface area contributed by atoms with Crippen LogP contribution in [-0.2, 0) is 16.6 Å². The number of aryl methyl sites for hydroxylation is 3. The van der Waals surface area contributed by atoms with Gasteiger partial charge in [0.05, 0.1) is 4.90 Å². The summed E-state index contributed by atoms with van der Waals surface area (Å²) in [5, 5.41) is 6.95.